The first-order valence-corrected chi connectivity index (χ1v) is 11.0. The van der Waals surface area contributed by atoms with E-state index in [9.17, 15) is 14.0 Å². The zero-order chi connectivity index (χ0) is 24.3. The van der Waals surface area contributed by atoms with E-state index in [1.54, 1.807) is 53.2 Å². The molecule has 3 aromatic rings. The fourth-order valence-electron chi connectivity index (χ4n) is 3.49. The summed E-state index contributed by atoms with van der Waals surface area (Å²) in [5.41, 5.74) is 3.08. The lowest BCUT2D eigenvalue weighted by Crippen LogP contribution is -2.39. The summed E-state index contributed by atoms with van der Waals surface area (Å²) in [5, 5.41) is 11.8. The Kier molecular flexibility index (Phi) is 8.75. The van der Waals surface area contributed by atoms with Crippen LogP contribution in [0, 0.1) is 17.1 Å². The summed E-state index contributed by atoms with van der Waals surface area (Å²) in [6, 6.07) is 24.6. The summed E-state index contributed by atoms with van der Waals surface area (Å²) in [4.78, 5) is 28.6. The Balaban J connectivity index is 1.59. The molecule has 7 heteroatoms. The fraction of sp³-hybridized carbons (Fsp3) is 0.222. The maximum Gasteiger partial charge on any atom is 0.317 e. The van der Waals surface area contributed by atoms with Crippen molar-refractivity contribution in [2.24, 2.45) is 0 Å². The number of halogens is 1. The molecule has 0 saturated carbocycles. The third-order valence-electron chi connectivity index (χ3n) is 5.30. The molecular formula is C27H27FN4O2. The van der Waals surface area contributed by atoms with Crippen LogP contribution in [-0.4, -0.2) is 35.3 Å². The summed E-state index contributed by atoms with van der Waals surface area (Å²) in [6.45, 7) is 1.19. The highest BCUT2D eigenvalue weighted by Crippen LogP contribution is 2.14. The molecule has 0 spiro atoms. The number of urea groups is 1. The smallest absolute Gasteiger partial charge is 0.317 e. The second kappa shape index (κ2) is 12.2. The van der Waals surface area contributed by atoms with Crippen molar-refractivity contribution < 1.29 is 14.0 Å². The molecule has 0 atom stereocenters. The molecule has 0 heterocycles. The summed E-state index contributed by atoms with van der Waals surface area (Å²) in [6.07, 6.45) is 0.108. The van der Waals surface area contributed by atoms with Crippen LogP contribution in [-0.2, 0) is 24.4 Å². The van der Waals surface area contributed by atoms with Gasteiger partial charge < -0.3 is 15.1 Å². The van der Waals surface area contributed by atoms with Crippen molar-refractivity contribution in [3.8, 4) is 6.07 Å². The zero-order valence-corrected chi connectivity index (χ0v) is 19.1. The molecule has 0 aliphatic rings. The highest BCUT2D eigenvalue weighted by molar-refractivity contribution is 5.78. The van der Waals surface area contributed by atoms with Crippen molar-refractivity contribution in [2.45, 2.75) is 26.1 Å². The molecule has 0 saturated heterocycles. The molecule has 0 aliphatic heterocycles. The highest BCUT2D eigenvalue weighted by atomic mass is 19.1. The van der Waals surface area contributed by atoms with Gasteiger partial charge in [0.1, 0.15) is 5.82 Å². The Labute approximate surface area is 199 Å². The minimum atomic E-state index is -0.364. The molecule has 174 valence electrons. The van der Waals surface area contributed by atoms with Crippen molar-refractivity contribution in [3.05, 3.63) is 107 Å². The monoisotopic (exact) mass is 458 g/mol. The number of nitrogens with one attached hydrogen (secondary N) is 1. The van der Waals surface area contributed by atoms with E-state index in [2.05, 4.69) is 11.4 Å². The number of nitrogens with zero attached hydrogens (tertiary/aromatic N) is 3. The molecule has 3 rings (SSSR count). The predicted molar refractivity (Wildman–Crippen MR) is 128 cm³/mol. The minimum Gasteiger partial charge on any atom is -0.337 e. The largest absolute Gasteiger partial charge is 0.337 e. The first kappa shape index (κ1) is 24.5. The van der Waals surface area contributed by atoms with E-state index in [1.165, 1.54) is 12.1 Å². The molecule has 1 N–H and O–H groups in total. The van der Waals surface area contributed by atoms with Crippen LogP contribution in [0.25, 0.3) is 0 Å². The number of hydrogen-bond donors (Lipinski definition) is 1. The van der Waals surface area contributed by atoms with Gasteiger partial charge in [0.25, 0.3) is 0 Å². The van der Waals surface area contributed by atoms with E-state index in [0.29, 0.717) is 24.2 Å². The average Bonchev–Trinajstić information content (AvgIpc) is 2.84. The van der Waals surface area contributed by atoms with E-state index < -0.39 is 0 Å². The number of rotatable bonds is 9. The molecule has 3 aromatic carbocycles. The quantitative estimate of drug-likeness (QED) is 0.514. The van der Waals surface area contributed by atoms with Crippen LogP contribution in [0.3, 0.4) is 0 Å². The molecule has 0 aromatic heterocycles. The lowest BCUT2D eigenvalue weighted by Gasteiger charge is -2.24. The third-order valence-corrected chi connectivity index (χ3v) is 5.30. The van der Waals surface area contributed by atoms with Crippen LogP contribution in [0.4, 0.5) is 9.18 Å². The zero-order valence-electron chi connectivity index (χ0n) is 19.1. The molecule has 6 nitrogen and oxygen atoms in total. The van der Waals surface area contributed by atoms with Gasteiger partial charge in [-0.25, -0.2) is 9.18 Å². The predicted octanol–water partition coefficient (Wildman–Crippen LogP) is 4.46. The van der Waals surface area contributed by atoms with Gasteiger partial charge >= 0.3 is 6.03 Å². The topological polar surface area (TPSA) is 76.4 Å². The van der Waals surface area contributed by atoms with E-state index in [-0.39, 0.29) is 37.3 Å². The molecular weight excluding hydrogens is 431 g/mol. The average molecular weight is 459 g/mol. The third kappa shape index (κ3) is 7.45. The van der Waals surface area contributed by atoms with Gasteiger partial charge in [-0.3, -0.25) is 4.79 Å². The molecule has 0 fully saturated rings. The van der Waals surface area contributed by atoms with Gasteiger partial charge in [0.2, 0.25) is 5.91 Å². The number of amides is 3. The second-order valence-corrected chi connectivity index (χ2v) is 8.01. The summed E-state index contributed by atoms with van der Waals surface area (Å²) >= 11 is 0. The molecule has 0 bridgehead atoms. The van der Waals surface area contributed by atoms with E-state index in [4.69, 9.17) is 5.26 Å². The van der Waals surface area contributed by atoms with E-state index >= 15 is 0 Å². The van der Waals surface area contributed by atoms with Crippen molar-refractivity contribution in [2.75, 3.05) is 13.6 Å². The highest BCUT2D eigenvalue weighted by Gasteiger charge is 2.16. The van der Waals surface area contributed by atoms with Crippen molar-refractivity contribution in [1.82, 2.24) is 15.1 Å². The normalized spacial score (nSPS) is 10.3. The van der Waals surface area contributed by atoms with Crippen LogP contribution >= 0.6 is 0 Å². The van der Waals surface area contributed by atoms with Crippen molar-refractivity contribution >= 4 is 11.9 Å². The molecule has 0 unspecified atom stereocenters. The molecule has 34 heavy (non-hydrogen) atoms. The molecule has 3 amide bonds. The Bertz CT molecular complexity index is 1140. The van der Waals surface area contributed by atoms with Crippen LogP contribution in [0.1, 0.15) is 28.7 Å². The van der Waals surface area contributed by atoms with Gasteiger partial charge in [-0.2, -0.15) is 5.26 Å². The molecule has 0 radical (unpaired) electrons. The van der Waals surface area contributed by atoms with Crippen LogP contribution in [0.5, 0.6) is 0 Å². The molecule has 0 aliphatic carbocycles. The minimum absolute atomic E-state index is 0.108. The summed E-state index contributed by atoms with van der Waals surface area (Å²) in [5.74, 6) is -0.531. The lowest BCUT2D eigenvalue weighted by molar-refractivity contribution is -0.132. The fourth-order valence-corrected chi connectivity index (χ4v) is 3.49. The van der Waals surface area contributed by atoms with Gasteiger partial charge in [0.05, 0.1) is 11.6 Å². The lowest BCUT2D eigenvalue weighted by atomic mass is 10.1. The van der Waals surface area contributed by atoms with Crippen LogP contribution in [0.15, 0.2) is 78.9 Å². The Morgan fingerprint density at radius 3 is 2.21 bits per heavy atom. The number of nitriles is 1. The summed E-state index contributed by atoms with van der Waals surface area (Å²) < 4.78 is 13.7. The van der Waals surface area contributed by atoms with Gasteiger partial charge in [-0.1, -0.05) is 54.6 Å². The van der Waals surface area contributed by atoms with Crippen LogP contribution < -0.4 is 5.32 Å². The van der Waals surface area contributed by atoms with Gasteiger partial charge in [-0.15, -0.1) is 0 Å². The Morgan fingerprint density at radius 1 is 0.882 bits per heavy atom. The van der Waals surface area contributed by atoms with E-state index in [1.807, 2.05) is 30.3 Å². The first-order chi connectivity index (χ1) is 16.4. The first-order valence-electron chi connectivity index (χ1n) is 11.0. The Morgan fingerprint density at radius 2 is 1.53 bits per heavy atom. The second-order valence-electron chi connectivity index (χ2n) is 8.01. The van der Waals surface area contributed by atoms with E-state index in [0.717, 1.165) is 11.1 Å². The van der Waals surface area contributed by atoms with Gasteiger partial charge in [0.15, 0.2) is 0 Å². The number of benzene rings is 3. The SMILES string of the molecule is CN(Cc1ccccc1)C(=O)NCCC(=O)N(Cc1ccc(C#N)cc1)Cc1cccc(F)c1. The van der Waals surface area contributed by atoms with Gasteiger partial charge in [0, 0.05) is 39.6 Å². The van der Waals surface area contributed by atoms with Crippen molar-refractivity contribution in [3.63, 3.8) is 0 Å². The van der Waals surface area contributed by atoms with Crippen molar-refractivity contribution in [1.29, 1.82) is 5.26 Å². The van der Waals surface area contributed by atoms with Crippen LogP contribution in [0.2, 0.25) is 0 Å². The number of carbonyl (C=O) groups excluding carboxylic acids is 2. The van der Waals surface area contributed by atoms with Gasteiger partial charge in [-0.05, 0) is 41.0 Å². The maximum absolute atomic E-state index is 13.7. The number of hydrogen-bond acceptors (Lipinski definition) is 3. The standard InChI is InChI=1S/C27H27FN4O2/c1-31(18-22-6-3-2-4-7-22)27(34)30-15-14-26(33)32(20-24-8-5-9-25(28)16-24)19-23-12-10-21(17-29)11-13-23/h2-13,16H,14-15,18-20H2,1H3,(H,30,34). The maximum atomic E-state index is 13.7. The Hall–Kier alpha value is -4.18. The number of carbonyl (C=O) groups is 2. The summed E-state index contributed by atoms with van der Waals surface area (Å²) in [7, 11) is 1.70.